The van der Waals surface area contributed by atoms with E-state index in [0.717, 1.165) is 45.3 Å². The first-order valence-electron chi connectivity index (χ1n) is 13.6. The van der Waals surface area contributed by atoms with E-state index in [1.54, 1.807) is 0 Å². The van der Waals surface area contributed by atoms with Gasteiger partial charge in [-0.3, -0.25) is 9.69 Å². The average Bonchev–Trinajstić information content (AvgIpc) is 3.20. The molecule has 0 aliphatic carbocycles. The lowest BCUT2D eigenvalue weighted by atomic mass is 9.99. The average molecular weight is 586 g/mol. The number of likely N-dealkylation sites (tertiary alicyclic amines) is 1. The van der Waals surface area contributed by atoms with Crippen molar-refractivity contribution in [2.75, 3.05) is 31.6 Å². The predicted octanol–water partition coefficient (Wildman–Crippen LogP) is 5.99. The van der Waals surface area contributed by atoms with E-state index in [1.807, 2.05) is 17.0 Å². The summed E-state index contributed by atoms with van der Waals surface area (Å²) in [5.41, 5.74) is 0.762. The Kier molecular flexibility index (Phi) is 7.70. The zero-order valence-corrected chi connectivity index (χ0v) is 23.4. The number of halogens is 3. The van der Waals surface area contributed by atoms with Crippen LogP contribution in [0, 0.1) is 5.82 Å². The molecule has 3 saturated heterocycles. The zero-order valence-electron chi connectivity index (χ0n) is 21.9. The maximum atomic E-state index is 14.8. The van der Waals surface area contributed by atoms with Gasteiger partial charge in [-0.25, -0.2) is 14.4 Å². The summed E-state index contributed by atoms with van der Waals surface area (Å²) in [5.74, 6) is 0.867. The number of amides is 1. The fourth-order valence-corrected chi connectivity index (χ4v) is 6.19. The summed E-state index contributed by atoms with van der Waals surface area (Å²) in [4.78, 5) is 25.5. The van der Waals surface area contributed by atoms with Crippen LogP contribution in [0.5, 0.6) is 11.5 Å². The number of anilines is 2. The van der Waals surface area contributed by atoms with Gasteiger partial charge in [0.2, 0.25) is 5.91 Å². The smallest absolute Gasteiger partial charge is 0.246 e. The normalized spacial score (nSPS) is 22.2. The van der Waals surface area contributed by atoms with Crippen molar-refractivity contribution in [1.29, 1.82) is 0 Å². The van der Waals surface area contributed by atoms with E-state index in [-0.39, 0.29) is 39.8 Å². The van der Waals surface area contributed by atoms with Crippen LogP contribution in [0.15, 0.2) is 43.2 Å². The fraction of sp³-hybridized carbons (Fsp3) is 0.414. The molecule has 8 nitrogen and oxygen atoms in total. The van der Waals surface area contributed by atoms with Gasteiger partial charge in [-0.1, -0.05) is 29.8 Å². The molecule has 3 aliphatic heterocycles. The highest BCUT2D eigenvalue weighted by Gasteiger charge is 2.43. The number of nitrogens with one attached hydrogen (secondary N) is 1. The Morgan fingerprint density at radius 3 is 2.62 bits per heavy atom. The molecule has 3 aromatic rings. The van der Waals surface area contributed by atoms with Crippen LogP contribution in [-0.2, 0) is 4.79 Å². The predicted molar refractivity (Wildman–Crippen MR) is 153 cm³/mol. The molecule has 1 aromatic heterocycles. The monoisotopic (exact) mass is 585 g/mol. The maximum absolute atomic E-state index is 14.8. The van der Waals surface area contributed by atoms with E-state index < -0.39 is 5.82 Å². The van der Waals surface area contributed by atoms with Gasteiger partial charge in [0.25, 0.3) is 0 Å². The molecular weight excluding hydrogens is 556 g/mol. The summed E-state index contributed by atoms with van der Waals surface area (Å²) in [6.07, 6.45) is 7.30. The molecule has 6 rings (SSSR count). The number of fused-ring (bicyclic) bond motifs is 3. The van der Waals surface area contributed by atoms with E-state index in [1.165, 1.54) is 31.0 Å². The number of carbonyl (C=O) groups excluding carboxylic acids is 1. The largest absolute Gasteiger partial charge is 0.488 e. The molecule has 0 radical (unpaired) electrons. The first kappa shape index (κ1) is 27.1. The molecule has 3 atom stereocenters. The summed E-state index contributed by atoms with van der Waals surface area (Å²) < 4.78 is 27.7. The molecule has 4 heterocycles. The Hall–Kier alpha value is -3.14. The van der Waals surface area contributed by atoms with Crippen LogP contribution in [0.3, 0.4) is 0 Å². The van der Waals surface area contributed by atoms with Crippen LogP contribution in [0.4, 0.5) is 15.9 Å². The lowest BCUT2D eigenvalue weighted by Gasteiger charge is -2.38. The standard InChI is InChI=1S/C29H30Cl2FN5O3/c1-2-26(38)37-17-4-5-18(37)13-19(12-17)40-25-14-20-23(15-24(25)39-11-10-36-8-3-9-36)33-16-34-29(20)35-22-7-6-21(30)27(31)28(22)32/h2,6-7,14-19H,1,3-5,8-13H2,(H,33,34,35)/t17-,18+,19?. The van der Waals surface area contributed by atoms with Crippen LogP contribution in [0.1, 0.15) is 32.1 Å². The van der Waals surface area contributed by atoms with Gasteiger partial charge in [0, 0.05) is 42.9 Å². The number of hydrogen-bond acceptors (Lipinski definition) is 7. The first-order valence-corrected chi connectivity index (χ1v) is 14.3. The van der Waals surface area contributed by atoms with Gasteiger partial charge in [-0.2, -0.15) is 0 Å². The number of rotatable bonds is 9. The number of ether oxygens (including phenoxy) is 2. The summed E-state index contributed by atoms with van der Waals surface area (Å²) in [6.45, 7) is 7.19. The van der Waals surface area contributed by atoms with E-state index in [0.29, 0.717) is 34.8 Å². The van der Waals surface area contributed by atoms with E-state index in [9.17, 15) is 9.18 Å². The van der Waals surface area contributed by atoms with Gasteiger partial charge >= 0.3 is 0 Å². The van der Waals surface area contributed by atoms with Crippen molar-refractivity contribution in [1.82, 2.24) is 19.8 Å². The Morgan fingerprint density at radius 2 is 1.93 bits per heavy atom. The highest BCUT2D eigenvalue weighted by atomic mass is 35.5. The fourth-order valence-electron chi connectivity index (χ4n) is 5.88. The van der Waals surface area contributed by atoms with Gasteiger partial charge in [-0.15, -0.1) is 0 Å². The number of nitrogens with zero attached hydrogens (tertiary/aromatic N) is 4. The summed E-state index contributed by atoms with van der Waals surface area (Å²) in [7, 11) is 0. The SMILES string of the molecule is C=CC(=O)N1[C@@H]2CC[C@H]1CC(Oc1cc3c(Nc4ccc(Cl)c(Cl)c4F)ncnc3cc1OCCN1CCC1)C2. The summed E-state index contributed by atoms with van der Waals surface area (Å²) in [5, 5.41) is 3.63. The van der Waals surface area contributed by atoms with E-state index in [2.05, 4.69) is 26.8 Å². The minimum Gasteiger partial charge on any atom is -0.488 e. The Balaban J connectivity index is 1.30. The third-order valence-corrected chi connectivity index (χ3v) is 8.80. The third kappa shape index (κ3) is 5.30. The number of benzene rings is 2. The lowest BCUT2D eigenvalue weighted by molar-refractivity contribution is -0.131. The molecule has 1 unspecified atom stereocenters. The highest BCUT2D eigenvalue weighted by Crippen LogP contribution is 2.41. The quantitative estimate of drug-likeness (QED) is 0.244. The minimum absolute atomic E-state index is 0.0194. The van der Waals surface area contributed by atoms with Crippen molar-refractivity contribution in [3.63, 3.8) is 0 Å². The van der Waals surface area contributed by atoms with Crippen molar-refractivity contribution in [2.45, 2.75) is 50.3 Å². The second kappa shape index (κ2) is 11.4. The number of hydrogen-bond donors (Lipinski definition) is 1. The van der Waals surface area contributed by atoms with Crippen molar-refractivity contribution in [3.8, 4) is 11.5 Å². The van der Waals surface area contributed by atoms with E-state index >= 15 is 0 Å². The Morgan fingerprint density at radius 1 is 1.15 bits per heavy atom. The number of piperidine rings is 1. The number of aromatic nitrogens is 2. The van der Waals surface area contributed by atoms with Gasteiger partial charge in [0.05, 0.1) is 21.2 Å². The molecular formula is C29H30Cl2FN5O3. The molecule has 3 fully saturated rings. The topological polar surface area (TPSA) is 79.8 Å². The molecule has 2 aromatic carbocycles. The molecule has 0 saturated carbocycles. The Labute approximate surface area is 242 Å². The Bertz CT molecular complexity index is 1440. The number of carbonyl (C=O) groups is 1. The van der Waals surface area contributed by atoms with Crippen LogP contribution < -0.4 is 14.8 Å². The van der Waals surface area contributed by atoms with Crippen LogP contribution in [0.2, 0.25) is 10.0 Å². The van der Waals surface area contributed by atoms with Crippen molar-refractivity contribution >= 4 is 51.5 Å². The minimum atomic E-state index is -0.667. The lowest BCUT2D eigenvalue weighted by Crippen LogP contribution is -2.48. The maximum Gasteiger partial charge on any atom is 0.246 e. The van der Waals surface area contributed by atoms with Crippen molar-refractivity contribution in [3.05, 3.63) is 59.1 Å². The van der Waals surface area contributed by atoms with Gasteiger partial charge in [0.1, 0.15) is 24.9 Å². The first-order chi connectivity index (χ1) is 19.4. The van der Waals surface area contributed by atoms with Crippen molar-refractivity contribution < 1.29 is 18.7 Å². The molecule has 3 aliphatic rings. The summed E-state index contributed by atoms with van der Waals surface area (Å²) >= 11 is 12.0. The van der Waals surface area contributed by atoms with Crippen LogP contribution in [-0.4, -0.2) is 70.1 Å². The second-order valence-electron chi connectivity index (χ2n) is 10.5. The third-order valence-electron chi connectivity index (χ3n) is 8.02. The van der Waals surface area contributed by atoms with Gasteiger partial charge < -0.3 is 19.7 Å². The van der Waals surface area contributed by atoms with Gasteiger partial charge in [0.15, 0.2) is 17.3 Å². The molecule has 40 heavy (non-hydrogen) atoms. The molecule has 1 N–H and O–H groups in total. The highest BCUT2D eigenvalue weighted by molar-refractivity contribution is 6.42. The van der Waals surface area contributed by atoms with Gasteiger partial charge in [-0.05, 0) is 56.6 Å². The zero-order chi connectivity index (χ0) is 27.8. The van der Waals surface area contributed by atoms with Crippen LogP contribution >= 0.6 is 23.2 Å². The molecule has 2 bridgehead atoms. The molecule has 1 amide bonds. The molecule has 0 spiro atoms. The molecule has 210 valence electrons. The van der Waals surface area contributed by atoms with Crippen molar-refractivity contribution in [2.24, 2.45) is 0 Å². The second-order valence-corrected chi connectivity index (χ2v) is 11.3. The summed E-state index contributed by atoms with van der Waals surface area (Å²) in [6, 6.07) is 6.97. The van der Waals surface area contributed by atoms with Crippen LogP contribution in [0.25, 0.3) is 10.9 Å². The van der Waals surface area contributed by atoms with E-state index in [4.69, 9.17) is 32.7 Å². The molecule has 11 heteroatoms.